The third-order valence-electron chi connectivity index (χ3n) is 3.66. The van der Waals surface area contributed by atoms with Gasteiger partial charge in [-0.2, -0.15) is 0 Å². The van der Waals surface area contributed by atoms with Crippen LogP contribution >= 0.6 is 0 Å². The second-order valence-electron chi connectivity index (χ2n) is 4.55. The van der Waals surface area contributed by atoms with Crippen LogP contribution < -0.4 is 0 Å². The minimum atomic E-state index is 0.368. The fourth-order valence-corrected chi connectivity index (χ4v) is 2.81. The van der Waals surface area contributed by atoms with E-state index in [0.29, 0.717) is 6.61 Å². The summed E-state index contributed by atoms with van der Waals surface area (Å²) in [6.45, 7) is 4.75. The summed E-state index contributed by atoms with van der Waals surface area (Å²) in [6.07, 6.45) is 4.97. The molecule has 0 aromatic rings. The molecule has 1 saturated carbocycles. The predicted octanol–water partition coefficient (Wildman–Crippen LogP) is 1.23. The molecular formula is C11H21N2O-. The van der Waals surface area contributed by atoms with E-state index >= 15 is 0 Å². The molecule has 2 aliphatic rings. The normalized spacial score (nSPS) is 34.9. The van der Waals surface area contributed by atoms with Gasteiger partial charge in [-0.1, -0.05) is 0 Å². The Hall–Kier alpha value is -0.120. The highest BCUT2D eigenvalue weighted by atomic mass is 16.3. The van der Waals surface area contributed by atoms with E-state index in [4.69, 9.17) is 5.11 Å². The molecule has 0 aromatic carbocycles. The molecule has 0 amide bonds. The maximum absolute atomic E-state index is 8.89. The molecule has 0 bridgehead atoms. The Labute approximate surface area is 86.5 Å². The number of piperazine rings is 1. The van der Waals surface area contributed by atoms with Crippen molar-refractivity contribution in [3.8, 4) is 0 Å². The van der Waals surface area contributed by atoms with E-state index in [1.165, 1.54) is 19.3 Å². The number of hydrogen-bond acceptors (Lipinski definition) is 2. The lowest BCUT2D eigenvalue weighted by molar-refractivity contribution is 0.192. The van der Waals surface area contributed by atoms with Gasteiger partial charge in [-0.05, 0) is 44.7 Å². The van der Waals surface area contributed by atoms with Crippen molar-refractivity contribution in [3.63, 3.8) is 0 Å². The van der Waals surface area contributed by atoms with E-state index in [0.717, 1.165) is 44.6 Å². The van der Waals surface area contributed by atoms with Gasteiger partial charge in [0.15, 0.2) is 0 Å². The summed E-state index contributed by atoms with van der Waals surface area (Å²) in [6, 6.07) is 0.794. The Bertz CT molecular complexity index is 169. The van der Waals surface area contributed by atoms with Gasteiger partial charge in [0.25, 0.3) is 0 Å². The van der Waals surface area contributed by atoms with Gasteiger partial charge in [-0.25, -0.2) is 0 Å². The molecule has 1 aliphatic heterocycles. The zero-order chi connectivity index (χ0) is 9.80. The van der Waals surface area contributed by atoms with Gasteiger partial charge in [0, 0.05) is 12.6 Å². The highest BCUT2D eigenvalue weighted by Gasteiger charge is 2.27. The third kappa shape index (κ3) is 2.47. The number of aliphatic hydroxyl groups is 1. The maximum atomic E-state index is 8.89. The SMILES string of the molecule is OCCC1CCC(N2CC[N-]CC2)C1. The Morgan fingerprint density at radius 2 is 2.00 bits per heavy atom. The van der Waals surface area contributed by atoms with Crippen molar-refractivity contribution in [3.05, 3.63) is 5.32 Å². The number of aliphatic hydroxyl groups excluding tert-OH is 1. The quantitative estimate of drug-likeness (QED) is 0.739. The first-order chi connectivity index (χ1) is 6.90. The predicted molar refractivity (Wildman–Crippen MR) is 57.5 cm³/mol. The highest BCUT2D eigenvalue weighted by Crippen LogP contribution is 2.31. The summed E-state index contributed by atoms with van der Waals surface area (Å²) in [5.74, 6) is 0.781. The van der Waals surface area contributed by atoms with Crippen LogP contribution in [0, 0.1) is 5.92 Å². The minimum absolute atomic E-state index is 0.368. The number of nitrogens with zero attached hydrogens (tertiary/aromatic N) is 2. The van der Waals surface area contributed by atoms with E-state index in [-0.39, 0.29) is 0 Å². The van der Waals surface area contributed by atoms with Crippen molar-refractivity contribution in [2.45, 2.75) is 31.7 Å². The van der Waals surface area contributed by atoms with Crippen molar-refractivity contribution in [2.75, 3.05) is 32.8 Å². The smallest absolute Gasteiger partial charge is 0.0433 e. The summed E-state index contributed by atoms with van der Waals surface area (Å²) in [5.41, 5.74) is 0. The molecule has 1 aliphatic carbocycles. The molecule has 82 valence electrons. The monoisotopic (exact) mass is 197 g/mol. The van der Waals surface area contributed by atoms with Crippen molar-refractivity contribution in [1.29, 1.82) is 0 Å². The van der Waals surface area contributed by atoms with Gasteiger partial charge in [-0.3, -0.25) is 0 Å². The zero-order valence-corrected chi connectivity index (χ0v) is 8.86. The van der Waals surface area contributed by atoms with Crippen molar-refractivity contribution in [1.82, 2.24) is 4.90 Å². The first kappa shape index (κ1) is 10.4. The topological polar surface area (TPSA) is 37.6 Å². The van der Waals surface area contributed by atoms with Crippen LogP contribution in [-0.2, 0) is 0 Å². The summed E-state index contributed by atoms with van der Waals surface area (Å²) < 4.78 is 0. The van der Waals surface area contributed by atoms with Crippen LogP contribution in [0.1, 0.15) is 25.7 Å². The summed E-state index contributed by atoms with van der Waals surface area (Å²) in [4.78, 5) is 2.60. The molecule has 2 atom stereocenters. The van der Waals surface area contributed by atoms with Crippen LogP contribution in [-0.4, -0.2) is 48.8 Å². The molecule has 1 saturated heterocycles. The first-order valence-electron chi connectivity index (χ1n) is 5.88. The average Bonchev–Trinajstić information content (AvgIpc) is 2.68. The van der Waals surface area contributed by atoms with Crippen LogP contribution in [0.25, 0.3) is 5.32 Å². The second kappa shape index (κ2) is 5.10. The standard InChI is InChI=1S/C11H21N2O/c14-8-3-10-1-2-11(9-10)13-6-4-12-5-7-13/h10-11,14H,1-9H2/q-1. The lowest BCUT2D eigenvalue weighted by atomic mass is 10.0. The van der Waals surface area contributed by atoms with Crippen LogP contribution in [0.3, 0.4) is 0 Å². The molecule has 1 heterocycles. The third-order valence-corrected chi connectivity index (χ3v) is 3.66. The molecule has 0 radical (unpaired) electrons. The van der Waals surface area contributed by atoms with Crippen LogP contribution in [0.2, 0.25) is 0 Å². The van der Waals surface area contributed by atoms with E-state index < -0.39 is 0 Å². The van der Waals surface area contributed by atoms with Gasteiger partial charge in [0.1, 0.15) is 0 Å². The maximum Gasteiger partial charge on any atom is 0.0433 e. The first-order valence-corrected chi connectivity index (χ1v) is 5.88. The Kier molecular flexibility index (Phi) is 3.79. The lowest BCUT2D eigenvalue weighted by Crippen LogP contribution is -2.40. The summed E-state index contributed by atoms with van der Waals surface area (Å²) in [5, 5.41) is 13.3. The van der Waals surface area contributed by atoms with E-state index in [1.54, 1.807) is 0 Å². The van der Waals surface area contributed by atoms with Gasteiger partial charge in [0.2, 0.25) is 0 Å². The van der Waals surface area contributed by atoms with E-state index in [9.17, 15) is 0 Å². The molecule has 3 heteroatoms. The zero-order valence-electron chi connectivity index (χ0n) is 8.86. The molecule has 0 spiro atoms. The van der Waals surface area contributed by atoms with Gasteiger partial charge in [-0.15, -0.1) is 13.1 Å². The Balaban J connectivity index is 1.76. The van der Waals surface area contributed by atoms with Crippen molar-refractivity contribution >= 4 is 0 Å². The van der Waals surface area contributed by atoms with Gasteiger partial charge < -0.3 is 15.3 Å². The van der Waals surface area contributed by atoms with Gasteiger partial charge >= 0.3 is 0 Å². The largest absolute Gasteiger partial charge is 0.660 e. The number of rotatable bonds is 3. The minimum Gasteiger partial charge on any atom is -0.660 e. The lowest BCUT2D eigenvalue weighted by Gasteiger charge is -2.39. The fourth-order valence-electron chi connectivity index (χ4n) is 2.81. The fraction of sp³-hybridized carbons (Fsp3) is 1.00. The Morgan fingerprint density at radius 3 is 2.71 bits per heavy atom. The molecule has 0 aromatic heterocycles. The van der Waals surface area contributed by atoms with Crippen LogP contribution in [0.15, 0.2) is 0 Å². The van der Waals surface area contributed by atoms with Crippen molar-refractivity contribution in [2.24, 2.45) is 5.92 Å². The van der Waals surface area contributed by atoms with E-state index in [2.05, 4.69) is 10.2 Å². The second-order valence-corrected chi connectivity index (χ2v) is 4.55. The molecule has 14 heavy (non-hydrogen) atoms. The van der Waals surface area contributed by atoms with Gasteiger partial charge in [0.05, 0.1) is 0 Å². The molecular weight excluding hydrogens is 176 g/mol. The molecule has 2 rings (SSSR count). The summed E-state index contributed by atoms with van der Waals surface area (Å²) >= 11 is 0. The Morgan fingerprint density at radius 1 is 1.21 bits per heavy atom. The highest BCUT2D eigenvalue weighted by molar-refractivity contribution is 4.92. The van der Waals surface area contributed by atoms with Crippen molar-refractivity contribution < 1.29 is 5.11 Å². The van der Waals surface area contributed by atoms with Crippen LogP contribution in [0.5, 0.6) is 0 Å². The van der Waals surface area contributed by atoms with Crippen LogP contribution in [0.4, 0.5) is 0 Å². The molecule has 2 unspecified atom stereocenters. The molecule has 1 N–H and O–H groups in total. The summed E-state index contributed by atoms with van der Waals surface area (Å²) in [7, 11) is 0. The molecule has 2 fully saturated rings. The number of hydrogen-bond donors (Lipinski definition) is 1. The van der Waals surface area contributed by atoms with E-state index in [1.807, 2.05) is 0 Å². The average molecular weight is 197 g/mol. The molecule has 3 nitrogen and oxygen atoms in total.